The molecule has 0 aromatic carbocycles. The quantitative estimate of drug-likeness (QED) is 0.733. The highest BCUT2D eigenvalue weighted by molar-refractivity contribution is 5.77. The Kier molecular flexibility index (Phi) is 3.93. The van der Waals surface area contributed by atoms with Crippen LogP contribution < -0.4 is 5.32 Å². The van der Waals surface area contributed by atoms with Crippen molar-refractivity contribution < 1.29 is 4.79 Å². The lowest BCUT2D eigenvalue weighted by atomic mass is 9.74. The number of rotatable bonds is 4. The van der Waals surface area contributed by atoms with E-state index in [1.807, 2.05) is 0 Å². The summed E-state index contributed by atoms with van der Waals surface area (Å²) in [6, 6.07) is 0.575. The van der Waals surface area contributed by atoms with Crippen molar-refractivity contribution in [1.82, 2.24) is 10.2 Å². The third-order valence-electron chi connectivity index (χ3n) is 3.16. The predicted molar refractivity (Wildman–Crippen MR) is 58.0 cm³/mol. The van der Waals surface area contributed by atoms with Crippen LogP contribution in [0.4, 0.5) is 0 Å². The van der Waals surface area contributed by atoms with Crippen molar-refractivity contribution in [1.29, 1.82) is 0 Å². The SMILES string of the molecule is CC(C)C1CC(NCC(=O)N(C)C)C1. The molecule has 82 valence electrons. The van der Waals surface area contributed by atoms with Gasteiger partial charge in [-0.25, -0.2) is 0 Å². The lowest BCUT2D eigenvalue weighted by Crippen LogP contribution is -2.46. The zero-order chi connectivity index (χ0) is 10.7. The van der Waals surface area contributed by atoms with Crippen LogP contribution in [0.15, 0.2) is 0 Å². The standard InChI is InChI=1S/C11H22N2O/c1-8(2)9-5-10(6-9)12-7-11(14)13(3)4/h8-10,12H,5-7H2,1-4H3. The van der Waals surface area contributed by atoms with E-state index in [1.165, 1.54) is 12.8 Å². The van der Waals surface area contributed by atoms with Crippen LogP contribution >= 0.6 is 0 Å². The lowest BCUT2D eigenvalue weighted by Gasteiger charge is -2.38. The molecule has 3 heteroatoms. The molecule has 1 amide bonds. The fourth-order valence-corrected chi connectivity index (χ4v) is 1.76. The van der Waals surface area contributed by atoms with Crippen LogP contribution in [0.1, 0.15) is 26.7 Å². The van der Waals surface area contributed by atoms with E-state index in [9.17, 15) is 4.79 Å². The van der Waals surface area contributed by atoms with Crippen LogP contribution in [0.5, 0.6) is 0 Å². The minimum atomic E-state index is 0.165. The van der Waals surface area contributed by atoms with Crippen molar-refractivity contribution in [2.24, 2.45) is 11.8 Å². The monoisotopic (exact) mass is 198 g/mol. The first kappa shape index (κ1) is 11.5. The van der Waals surface area contributed by atoms with Gasteiger partial charge in [0.1, 0.15) is 0 Å². The predicted octanol–water partition coefficient (Wildman–Crippen LogP) is 1.10. The summed E-state index contributed by atoms with van der Waals surface area (Å²) in [4.78, 5) is 12.9. The zero-order valence-electron chi connectivity index (χ0n) is 9.71. The molecule has 0 unspecified atom stereocenters. The van der Waals surface area contributed by atoms with Crippen molar-refractivity contribution >= 4 is 5.91 Å². The Balaban J connectivity index is 2.09. The summed E-state index contributed by atoms with van der Waals surface area (Å²) in [7, 11) is 3.59. The van der Waals surface area contributed by atoms with Crippen molar-refractivity contribution in [3.05, 3.63) is 0 Å². The molecule has 1 fully saturated rings. The Morgan fingerprint density at radius 2 is 2.00 bits per heavy atom. The molecule has 0 radical (unpaired) electrons. The average Bonchev–Trinajstić information content (AvgIpc) is 1.99. The number of nitrogens with one attached hydrogen (secondary N) is 1. The highest BCUT2D eigenvalue weighted by Crippen LogP contribution is 2.33. The van der Waals surface area contributed by atoms with E-state index in [2.05, 4.69) is 19.2 Å². The molecule has 3 nitrogen and oxygen atoms in total. The zero-order valence-corrected chi connectivity index (χ0v) is 9.71. The first-order chi connectivity index (χ1) is 6.50. The number of nitrogens with zero attached hydrogens (tertiary/aromatic N) is 1. The molecule has 0 saturated heterocycles. The number of carbonyl (C=O) groups is 1. The number of hydrogen-bond acceptors (Lipinski definition) is 2. The van der Waals surface area contributed by atoms with Crippen LogP contribution in [-0.2, 0) is 4.79 Å². The Morgan fingerprint density at radius 3 is 2.43 bits per heavy atom. The molecule has 1 aliphatic rings. The molecule has 0 aromatic heterocycles. The fourth-order valence-electron chi connectivity index (χ4n) is 1.76. The summed E-state index contributed by atoms with van der Waals surface area (Å²) in [5.74, 6) is 1.82. The van der Waals surface area contributed by atoms with Gasteiger partial charge in [-0.1, -0.05) is 13.8 Å². The topological polar surface area (TPSA) is 32.3 Å². The van der Waals surface area contributed by atoms with Gasteiger partial charge in [-0.15, -0.1) is 0 Å². The maximum Gasteiger partial charge on any atom is 0.236 e. The van der Waals surface area contributed by atoms with E-state index < -0.39 is 0 Å². The third kappa shape index (κ3) is 2.98. The fraction of sp³-hybridized carbons (Fsp3) is 0.909. The second-order valence-corrected chi connectivity index (χ2v) is 4.84. The molecule has 0 atom stereocenters. The van der Waals surface area contributed by atoms with Gasteiger partial charge in [0, 0.05) is 20.1 Å². The van der Waals surface area contributed by atoms with Crippen molar-refractivity contribution in [3.8, 4) is 0 Å². The Morgan fingerprint density at radius 1 is 1.43 bits per heavy atom. The van der Waals surface area contributed by atoms with Crippen molar-refractivity contribution in [3.63, 3.8) is 0 Å². The maximum absolute atomic E-state index is 11.3. The summed E-state index contributed by atoms with van der Waals surface area (Å²) < 4.78 is 0. The lowest BCUT2D eigenvalue weighted by molar-refractivity contribution is -0.128. The van der Waals surface area contributed by atoms with Crippen molar-refractivity contribution in [2.75, 3.05) is 20.6 Å². The van der Waals surface area contributed by atoms with Gasteiger partial charge < -0.3 is 10.2 Å². The van der Waals surface area contributed by atoms with Crippen LogP contribution in [0.3, 0.4) is 0 Å². The first-order valence-electron chi connectivity index (χ1n) is 5.44. The van der Waals surface area contributed by atoms with E-state index in [1.54, 1.807) is 19.0 Å². The molecular weight excluding hydrogens is 176 g/mol. The molecule has 1 saturated carbocycles. The van der Waals surface area contributed by atoms with E-state index in [4.69, 9.17) is 0 Å². The van der Waals surface area contributed by atoms with Crippen LogP contribution in [0.2, 0.25) is 0 Å². The van der Waals surface area contributed by atoms with E-state index in [-0.39, 0.29) is 5.91 Å². The molecule has 14 heavy (non-hydrogen) atoms. The van der Waals surface area contributed by atoms with Gasteiger partial charge in [0.2, 0.25) is 5.91 Å². The first-order valence-corrected chi connectivity index (χ1v) is 5.44. The van der Waals surface area contributed by atoms with Crippen LogP contribution in [-0.4, -0.2) is 37.5 Å². The number of hydrogen-bond donors (Lipinski definition) is 1. The van der Waals surface area contributed by atoms with E-state index in [0.717, 1.165) is 11.8 Å². The van der Waals surface area contributed by atoms with Gasteiger partial charge in [0.25, 0.3) is 0 Å². The largest absolute Gasteiger partial charge is 0.348 e. The van der Waals surface area contributed by atoms with Gasteiger partial charge in [-0.05, 0) is 24.7 Å². The Labute approximate surface area is 86.9 Å². The van der Waals surface area contributed by atoms with Gasteiger partial charge >= 0.3 is 0 Å². The Hall–Kier alpha value is -0.570. The molecule has 1 N–H and O–H groups in total. The van der Waals surface area contributed by atoms with Gasteiger partial charge in [0.05, 0.1) is 6.54 Å². The summed E-state index contributed by atoms with van der Waals surface area (Å²) in [6.07, 6.45) is 2.47. The minimum Gasteiger partial charge on any atom is -0.348 e. The highest BCUT2D eigenvalue weighted by atomic mass is 16.2. The molecule has 0 spiro atoms. The smallest absolute Gasteiger partial charge is 0.236 e. The average molecular weight is 198 g/mol. The Bertz CT molecular complexity index is 195. The molecule has 1 rings (SSSR count). The van der Waals surface area contributed by atoms with Gasteiger partial charge in [0.15, 0.2) is 0 Å². The molecule has 1 aliphatic carbocycles. The summed E-state index contributed by atoms with van der Waals surface area (Å²) in [6.45, 7) is 5.03. The van der Waals surface area contributed by atoms with Gasteiger partial charge in [-0.2, -0.15) is 0 Å². The van der Waals surface area contributed by atoms with Gasteiger partial charge in [-0.3, -0.25) is 4.79 Å². The highest BCUT2D eigenvalue weighted by Gasteiger charge is 2.30. The molecule has 0 heterocycles. The summed E-state index contributed by atoms with van der Waals surface area (Å²) in [5, 5.41) is 3.29. The number of carbonyl (C=O) groups excluding carboxylic acids is 1. The summed E-state index contributed by atoms with van der Waals surface area (Å²) in [5.41, 5.74) is 0. The van der Waals surface area contributed by atoms with E-state index in [0.29, 0.717) is 12.6 Å². The number of likely N-dealkylation sites (N-methyl/N-ethyl adjacent to an activating group) is 1. The maximum atomic E-state index is 11.3. The van der Waals surface area contributed by atoms with Crippen LogP contribution in [0, 0.1) is 11.8 Å². The van der Waals surface area contributed by atoms with Crippen LogP contribution in [0.25, 0.3) is 0 Å². The molecular formula is C11H22N2O. The molecule has 0 aliphatic heterocycles. The summed E-state index contributed by atoms with van der Waals surface area (Å²) >= 11 is 0. The second kappa shape index (κ2) is 4.78. The molecule has 0 aromatic rings. The minimum absolute atomic E-state index is 0.165. The third-order valence-corrected chi connectivity index (χ3v) is 3.16. The molecule has 0 bridgehead atoms. The second-order valence-electron chi connectivity index (χ2n) is 4.84. The van der Waals surface area contributed by atoms with Crippen molar-refractivity contribution in [2.45, 2.75) is 32.7 Å². The number of amides is 1. The normalized spacial score (nSPS) is 26.1. The van der Waals surface area contributed by atoms with E-state index >= 15 is 0 Å².